The van der Waals surface area contributed by atoms with E-state index < -0.39 is 19.9 Å². The number of sulfone groups is 1. The van der Waals surface area contributed by atoms with Crippen molar-refractivity contribution in [2.75, 3.05) is 16.8 Å². The molecule has 28 heavy (non-hydrogen) atoms. The summed E-state index contributed by atoms with van der Waals surface area (Å²) in [4.78, 5) is 8.83. The number of hydrogen-bond donors (Lipinski definition) is 1. The Morgan fingerprint density at radius 1 is 1.18 bits per heavy atom. The first-order valence-corrected chi connectivity index (χ1v) is 12.8. The van der Waals surface area contributed by atoms with Gasteiger partial charge in [-0.1, -0.05) is 17.7 Å². The number of nitrogens with zero attached hydrogens (tertiary/aromatic N) is 3. The third-order valence-corrected chi connectivity index (χ3v) is 8.57. The van der Waals surface area contributed by atoms with Crippen LogP contribution in [0.3, 0.4) is 0 Å². The Balaban J connectivity index is 1.78. The molecular formula is C17H17IN4O4S2. The average molecular weight is 532 g/mol. The molecule has 1 atom stereocenters. The maximum Gasteiger partial charge on any atom is 0.269 e. The molecule has 0 radical (unpaired) electrons. The summed E-state index contributed by atoms with van der Waals surface area (Å²) in [5, 5.41) is 3.68. The topological polar surface area (TPSA) is 111 Å². The second-order valence-electron chi connectivity index (χ2n) is 6.75. The van der Waals surface area contributed by atoms with Crippen molar-refractivity contribution in [2.24, 2.45) is 0 Å². The molecule has 2 aromatic heterocycles. The zero-order valence-corrected chi connectivity index (χ0v) is 18.6. The summed E-state index contributed by atoms with van der Waals surface area (Å²) in [6.07, 6.45) is 1.94. The lowest BCUT2D eigenvalue weighted by atomic mass is 10.2. The van der Waals surface area contributed by atoms with E-state index in [0.29, 0.717) is 21.5 Å². The zero-order chi connectivity index (χ0) is 20.1. The standard InChI is InChI=1S/C17H17IN4O4S2/c1-11-2-4-13(5-3-11)28(25,26)22-8-6-14-15(20-17(18)21-16(14)22)19-12-7-9-27(23,24)10-12/h2-6,8,12H,7,9-10H2,1H3,(H,19,20,21). The highest BCUT2D eigenvalue weighted by Crippen LogP contribution is 2.28. The number of aryl methyl sites for hydroxylation is 1. The molecular weight excluding hydrogens is 515 g/mol. The summed E-state index contributed by atoms with van der Waals surface area (Å²) < 4.78 is 51.1. The normalized spacial score (nSPS) is 19.1. The van der Waals surface area contributed by atoms with Crippen LogP contribution < -0.4 is 5.32 Å². The molecule has 1 aliphatic heterocycles. The summed E-state index contributed by atoms with van der Waals surface area (Å²) in [6.45, 7) is 1.89. The first kappa shape index (κ1) is 19.6. The lowest BCUT2D eigenvalue weighted by Crippen LogP contribution is -2.22. The van der Waals surface area contributed by atoms with Crippen molar-refractivity contribution < 1.29 is 16.8 Å². The molecule has 3 aromatic rings. The highest BCUT2D eigenvalue weighted by Gasteiger charge is 2.29. The second kappa shape index (κ2) is 6.95. The van der Waals surface area contributed by atoms with Crippen molar-refractivity contribution in [1.29, 1.82) is 0 Å². The fourth-order valence-corrected chi connectivity index (χ4v) is 6.63. The number of halogens is 1. The van der Waals surface area contributed by atoms with E-state index >= 15 is 0 Å². The van der Waals surface area contributed by atoms with Gasteiger partial charge < -0.3 is 5.32 Å². The minimum absolute atomic E-state index is 0.0391. The predicted molar refractivity (Wildman–Crippen MR) is 115 cm³/mol. The van der Waals surface area contributed by atoms with Crippen molar-refractivity contribution in [3.8, 4) is 0 Å². The van der Waals surface area contributed by atoms with Crippen LogP contribution in [0.4, 0.5) is 5.82 Å². The van der Waals surface area contributed by atoms with Crippen molar-refractivity contribution in [3.05, 3.63) is 45.9 Å². The molecule has 0 saturated carbocycles. The molecule has 0 spiro atoms. The number of hydrogen-bond acceptors (Lipinski definition) is 7. The number of benzene rings is 1. The molecule has 1 unspecified atom stereocenters. The molecule has 1 fully saturated rings. The van der Waals surface area contributed by atoms with Gasteiger partial charge in [-0.3, -0.25) is 0 Å². The minimum Gasteiger partial charge on any atom is -0.366 e. The molecule has 8 nitrogen and oxygen atoms in total. The maximum absolute atomic E-state index is 13.1. The zero-order valence-electron chi connectivity index (χ0n) is 14.8. The number of nitrogens with one attached hydrogen (secondary N) is 1. The molecule has 1 N–H and O–H groups in total. The van der Waals surface area contributed by atoms with E-state index in [4.69, 9.17) is 0 Å². The maximum atomic E-state index is 13.1. The summed E-state index contributed by atoms with van der Waals surface area (Å²) in [6, 6.07) is 7.98. The summed E-state index contributed by atoms with van der Waals surface area (Å²) in [7, 11) is -6.86. The molecule has 1 aliphatic rings. The third-order valence-electron chi connectivity index (χ3n) is 4.63. The van der Waals surface area contributed by atoms with Gasteiger partial charge in [0.2, 0.25) is 0 Å². The van der Waals surface area contributed by atoms with Gasteiger partial charge in [0.05, 0.1) is 21.8 Å². The largest absolute Gasteiger partial charge is 0.366 e. The van der Waals surface area contributed by atoms with E-state index in [-0.39, 0.29) is 28.1 Å². The lowest BCUT2D eigenvalue weighted by molar-refractivity contribution is 0.588. The number of rotatable bonds is 4. The predicted octanol–water partition coefficient (Wildman–Crippen LogP) is 2.18. The van der Waals surface area contributed by atoms with Gasteiger partial charge in [0.25, 0.3) is 10.0 Å². The first-order valence-electron chi connectivity index (χ1n) is 8.49. The molecule has 0 amide bonds. The van der Waals surface area contributed by atoms with Crippen molar-refractivity contribution in [2.45, 2.75) is 24.3 Å². The van der Waals surface area contributed by atoms with Gasteiger partial charge in [-0.05, 0) is 31.5 Å². The highest BCUT2D eigenvalue weighted by atomic mass is 127. The Hall–Kier alpha value is -1.73. The minimum atomic E-state index is -3.82. The molecule has 11 heteroatoms. The molecule has 0 aliphatic carbocycles. The van der Waals surface area contributed by atoms with Crippen LogP contribution in [-0.2, 0) is 19.9 Å². The molecule has 4 rings (SSSR count). The first-order chi connectivity index (χ1) is 13.2. The fourth-order valence-electron chi connectivity index (χ4n) is 3.20. The van der Waals surface area contributed by atoms with Gasteiger partial charge in [0.1, 0.15) is 5.82 Å². The Morgan fingerprint density at radius 2 is 1.89 bits per heavy atom. The van der Waals surface area contributed by atoms with Crippen LogP contribution in [0.2, 0.25) is 0 Å². The van der Waals surface area contributed by atoms with Crippen LogP contribution in [0.1, 0.15) is 12.0 Å². The average Bonchev–Trinajstić information content (AvgIpc) is 3.18. The van der Waals surface area contributed by atoms with Crippen molar-refractivity contribution in [1.82, 2.24) is 13.9 Å². The van der Waals surface area contributed by atoms with E-state index in [1.165, 1.54) is 6.20 Å². The number of anilines is 1. The molecule has 148 valence electrons. The third kappa shape index (κ3) is 3.62. The van der Waals surface area contributed by atoms with Crippen LogP contribution in [0, 0.1) is 10.8 Å². The SMILES string of the molecule is Cc1ccc(S(=O)(=O)n2ccc3c(NC4CCS(=O)(=O)C4)nc(I)nc32)cc1. The second-order valence-corrected chi connectivity index (χ2v) is 11.8. The molecule has 0 bridgehead atoms. The number of aromatic nitrogens is 3. The van der Waals surface area contributed by atoms with Gasteiger partial charge in [-0.15, -0.1) is 0 Å². The van der Waals surface area contributed by atoms with Gasteiger partial charge in [0.15, 0.2) is 19.3 Å². The van der Waals surface area contributed by atoms with E-state index in [2.05, 4.69) is 15.3 Å². The Labute approximate surface area is 176 Å². The Kier molecular flexibility index (Phi) is 4.86. The summed E-state index contributed by atoms with van der Waals surface area (Å²) in [5.41, 5.74) is 1.22. The van der Waals surface area contributed by atoms with Crippen LogP contribution in [0.25, 0.3) is 11.0 Å². The monoisotopic (exact) mass is 532 g/mol. The summed E-state index contributed by atoms with van der Waals surface area (Å²) in [5.74, 6) is 0.616. The highest BCUT2D eigenvalue weighted by molar-refractivity contribution is 14.1. The van der Waals surface area contributed by atoms with Gasteiger partial charge in [-0.25, -0.2) is 30.8 Å². The quantitative estimate of drug-likeness (QED) is 0.405. The summed E-state index contributed by atoms with van der Waals surface area (Å²) >= 11 is 1.92. The van der Waals surface area contributed by atoms with Crippen molar-refractivity contribution >= 4 is 59.3 Å². The van der Waals surface area contributed by atoms with Gasteiger partial charge in [-0.2, -0.15) is 0 Å². The molecule has 1 aromatic carbocycles. The molecule has 3 heterocycles. The Bertz CT molecular complexity index is 1270. The van der Waals surface area contributed by atoms with E-state index in [9.17, 15) is 16.8 Å². The van der Waals surface area contributed by atoms with E-state index in [1.54, 1.807) is 30.3 Å². The van der Waals surface area contributed by atoms with Gasteiger partial charge >= 0.3 is 0 Å². The number of fused-ring (bicyclic) bond motifs is 1. The fraction of sp³-hybridized carbons (Fsp3) is 0.294. The van der Waals surface area contributed by atoms with E-state index in [0.717, 1.165) is 9.54 Å². The van der Waals surface area contributed by atoms with Crippen molar-refractivity contribution in [3.63, 3.8) is 0 Å². The van der Waals surface area contributed by atoms with Gasteiger partial charge in [0, 0.05) is 34.8 Å². The van der Waals surface area contributed by atoms with E-state index in [1.807, 2.05) is 29.5 Å². The lowest BCUT2D eigenvalue weighted by Gasteiger charge is -2.13. The van der Waals surface area contributed by atoms with Crippen LogP contribution in [0.15, 0.2) is 41.4 Å². The Morgan fingerprint density at radius 3 is 2.54 bits per heavy atom. The van der Waals surface area contributed by atoms with Crippen LogP contribution in [-0.4, -0.2) is 48.3 Å². The van der Waals surface area contributed by atoms with Crippen LogP contribution >= 0.6 is 22.6 Å². The van der Waals surface area contributed by atoms with Crippen LogP contribution in [0.5, 0.6) is 0 Å². The molecule has 1 saturated heterocycles. The smallest absolute Gasteiger partial charge is 0.269 e.